The van der Waals surface area contributed by atoms with Crippen molar-refractivity contribution in [1.29, 1.82) is 0 Å². The summed E-state index contributed by atoms with van der Waals surface area (Å²) in [6.07, 6.45) is 1.85. The molecule has 1 atom stereocenters. The molecule has 4 rings (SSSR count). The fraction of sp³-hybridized carbons (Fsp3) is 0.364. The molecule has 2 aliphatic rings. The first-order chi connectivity index (χ1) is 14.3. The lowest BCUT2D eigenvalue weighted by molar-refractivity contribution is -0.137. The van der Waals surface area contributed by atoms with E-state index in [1.54, 1.807) is 4.90 Å². The minimum absolute atomic E-state index is 0.114. The number of hydrogen-bond donors (Lipinski definition) is 1. The van der Waals surface area contributed by atoms with E-state index in [4.69, 9.17) is 11.6 Å². The average Bonchev–Trinajstić information content (AvgIpc) is 3.23. The van der Waals surface area contributed by atoms with Gasteiger partial charge in [-0.3, -0.25) is 24.5 Å². The Labute approximate surface area is 183 Å². The van der Waals surface area contributed by atoms with Gasteiger partial charge in [0.15, 0.2) is 0 Å². The molecule has 0 bridgehead atoms. The molecule has 1 saturated heterocycles. The molecule has 8 heteroatoms. The minimum Gasteiger partial charge on any atom is -0.322 e. The molecule has 1 N–H and O–H groups in total. The van der Waals surface area contributed by atoms with Gasteiger partial charge in [-0.15, -0.1) is 11.3 Å². The molecule has 1 unspecified atom stereocenters. The van der Waals surface area contributed by atoms with Crippen molar-refractivity contribution in [2.24, 2.45) is 0 Å². The number of rotatable bonds is 6. The Balaban J connectivity index is 1.39. The average molecular weight is 445 g/mol. The standard InChI is InChI=1S/C22H21ClN2O4S/c1-12-2-3-13(9-17(12)23)8-14(26)4-6-19-15-10-25(22(29)16(15)11-30-19)18-5-7-20(27)24-21(18)28/h2-3,9,11,18H,4-8,10H2,1H3,(H,24,27,28). The molecule has 2 aromatic rings. The Morgan fingerprint density at radius 3 is 2.83 bits per heavy atom. The summed E-state index contributed by atoms with van der Waals surface area (Å²) in [5.41, 5.74) is 3.39. The first-order valence-corrected chi connectivity index (χ1v) is 11.1. The van der Waals surface area contributed by atoms with Crippen LogP contribution in [0.5, 0.6) is 0 Å². The van der Waals surface area contributed by atoms with Gasteiger partial charge < -0.3 is 4.90 Å². The van der Waals surface area contributed by atoms with E-state index in [9.17, 15) is 19.2 Å². The summed E-state index contributed by atoms with van der Waals surface area (Å²) in [6, 6.07) is 5.03. The maximum absolute atomic E-state index is 12.8. The second-order valence-corrected chi connectivity index (χ2v) is 9.12. The number of fused-ring (bicyclic) bond motifs is 1. The van der Waals surface area contributed by atoms with Crippen molar-refractivity contribution in [2.45, 2.75) is 51.6 Å². The number of imide groups is 1. The zero-order chi connectivity index (χ0) is 21.4. The highest BCUT2D eigenvalue weighted by Gasteiger charge is 2.40. The monoisotopic (exact) mass is 444 g/mol. The molecule has 6 nitrogen and oxygen atoms in total. The van der Waals surface area contributed by atoms with Crippen LogP contribution in [0.4, 0.5) is 0 Å². The number of piperidine rings is 1. The van der Waals surface area contributed by atoms with Crippen LogP contribution in [0.3, 0.4) is 0 Å². The number of Topliss-reactive ketones (excluding diaryl/α,β-unsaturated/α-hetero) is 1. The van der Waals surface area contributed by atoms with E-state index in [1.165, 1.54) is 11.3 Å². The highest BCUT2D eigenvalue weighted by Crippen LogP contribution is 2.34. The molecule has 30 heavy (non-hydrogen) atoms. The lowest BCUT2D eigenvalue weighted by Gasteiger charge is -2.29. The van der Waals surface area contributed by atoms with Crippen molar-refractivity contribution < 1.29 is 19.2 Å². The Hall–Kier alpha value is -2.51. The highest BCUT2D eigenvalue weighted by molar-refractivity contribution is 7.10. The van der Waals surface area contributed by atoms with E-state index in [2.05, 4.69) is 5.32 Å². The van der Waals surface area contributed by atoms with Crippen LogP contribution < -0.4 is 5.32 Å². The number of carbonyl (C=O) groups is 4. The molecule has 2 aliphatic heterocycles. The van der Waals surface area contributed by atoms with Gasteiger partial charge in [0.05, 0.1) is 5.56 Å². The van der Waals surface area contributed by atoms with Crippen molar-refractivity contribution in [3.8, 4) is 0 Å². The second kappa shape index (κ2) is 8.32. The summed E-state index contributed by atoms with van der Waals surface area (Å²) in [5.74, 6) is -0.779. The second-order valence-electron chi connectivity index (χ2n) is 7.75. The number of nitrogens with zero attached hydrogens (tertiary/aromatic N) is 1. The summed E-state index contributed by atoms with van der Waals surface area (Å²) in [4.78, 5) is 51.3. The van der Waals surface area contributed by atoms with Crippen LogP contribution in [-0.2, 0) is 33.8 Å². The first kappa shape index (κ1) is 20.8. The maximum Gasteiger partial charge on any atom is 0.256 e. The quantitative estimate of drug-likeness (QED) is 0.693. The molecule has 0 saturated carbocycles. The molecular formula is C22H21ClN2O4S. The first-order valence-electron chi connectivity index (χ1n) is 9.84. The number of aryl methyl sites for hydroxylation is 2. The van der Waals surface area contributed by atoms with Crippen LogP contribution in [-0.4, -0.2) is 34.4 Å². The van der Waals surface area contributed by atoms with Crippen molar-refractivity contribution in [3.63, 3.8) is 0 Å². The molecule has 3 amide bonds. The molecule has 0 radical (unpaired) electrons. The van der Waals surface area contributed by atoms with Crippen LogP contribution in [0.25, 0.3) is 0 Å². The Morgan fingerprint density at radius 1 is 1.30 bits per heavy atom. The van der Waals surface area contributed by atoms with E-state index < -0.39 is 11.9 Å². The van der Waals surface area contributed by atoms with Gasteiger partial charge in [-0.05, 0) is 42.5 Å². The van der Waals surface area contributed by atoms with Crippen LogP contribution in [0.2, 0.25) is 5.02 Å². The number of amides is 3. The van der Waals surface area contributed by atoms with Gasteiger partial charge in [-0.25, -0.2) is 0 Å². The Kier molecular flexibility index (Phi) is 5.75. The van der Waals surface area contributed by atoms with Gasteiger partial charge in [0.25, 0.3) is 5.91 Å². The lowest BCUT2D eigenvalue weighted by Crippen LogP contribution is -2.52. The van der Waals surface area contributed by atoms with Crippen LogP contribution in [0.1, 0.15) is 51.2 Å². The topological polar surface area (TPSA) is 83.6 Å². The third kappa shape index (κ3) is 4.04. The number of carbonyl (C=O) groups excluding carboxylic acids is 4. The summed E-state index contributed by atoms with van der Waals surface area (Å²) in [5, 5.41) is 4.77. The van der Waals surface area contributed by atoms with Crippen LogP contribution in [0, 0.1) is 6.92 Å². The molecular weight excluding hydrogens is 424 g/mol. The SMILES string of the molecule is Cc1ccc(CC(=O)CCc2scc3c2CN(C2CCC(=O)NC2=O)C3=O)cc1Cl. The van der Waals surface area contributed by atoms with Crippen molar-refractivity contribution in [1.82, 2.24) is 10.2 Å². The zero-order valence-electron chi connectivity index (χ0n) is 16.5. The van der Waals surface area contributed by atoms with E-state index in [1.807, 2.05) is 30.5 Å². The van der Waals surface area contributed by atoms with E-state index in [0.717, 1.165) is 21.6 Å². The normalized spacial score (nSPS) is 18.5. The fourth-order valence-electron chi connectivity index (χ4n) is 3.93. The molecule has 0 aliphatic carbocycles. The van der Waals surface area contributed by atoms with Crippen molar-refractivity contribution >= 4 is 46.4 Å². The Bertz CT molecular complexity index is 1060. The molecule has 1 fully saturated rings. The van der Waals surface area contributed by atoms with E-state index in [-0.39, 0.29) is 24.0 Å². The largest absolute Gasteiger partial charge is 0.322 e. The van der Waals surface area contributed by atoms with Crippen LogP contribution >= 0.6 is 22.9 Å². The fourth-order valence-corrected chi connectivity index (χ4v) is 5.17. The molecule has 1 aromatic carbocycles. The summed E-state index contributed by atoms with van der Waals surface area (Å²) in [7, 11) is 0. The maximum atomic E-state index is 12.8. The van der Waals surface area contributed by atoms with E-state index >= 15 is 0 Å². The van der Waals surface area contributed by atoms with E-state index in [0.29, 0.717) is 42.8 Å². The number of halogens is 1. The lowest BCUT2D eigenvalue weighted by atomic mass is 10.0. The molecule has 156 valence electrons. The third-order valence-corrected chi connectivity index (χ3v) is 7.15. The number of benzene rings is 1. The van der Waals surface area contributed by atoms with Gasteiger partial charge in [-0.1, -0.05) is 23.7 Å². The highest BCUT2D eigenvalue weighted by atomic mass is 35.5. The van der Waals surface area contributed by atoms with Crippen molar-refractivity contribution in [3.05, 3.63) is 55.7 Å². The minimum atomic E-state index is -0.617. The number of thiophene rings is 1. The van der Waals surface area contributed by atoms with Gasteiger partial charge in [-0.2, -0.15) is 0 Å². The predicted octanol–water partition coefficient (Wildman–Crippen LogP) is 3.22. The molecule has 0 spiro atoms. The van der Waals surface area contributed by atoms with Gasteiger partial charge in [0.2, 0.25) is 11.8 Å². The summed E-state index contributed by atoms with van der Waals surface area (Å²) in [6.45, 7) is 2.27. The van der Waals surface area contributed by atoms with Crippen molar-refractivity contribution in [2.75, 3.05) is 0 Å². The zero-order valence-corrected chi connectivity index (χ0v) is 18.1. The van der Waals surface area contributed by atoms with Gasteiger partial charge >= 0.3 is 0 Å². The summed E-state index contributed by atoms with van der Waals surface area (Å²) >= 11 is 7.62. The molecule has 1 aromatic heterocycles. The van der Waals surface area contributed by atoms with Crippen LogP contribution in [0.15, 0.2) is 23.6 Å². The number of nitrogens with one attached hydrogen (secondary N) is 1. The smallest absolute Gasteiger partial charge is 0.256 e. The predicted molar refractivity (Wildman–Crippen MR) is 114 cm³/mol. The summed E-state index contributed by atoms with van der Waals surface area (Å²) < 4.78 is 0. The van der Waals surface area contributed by atoms with Gasteiger partial charge in [0.1, 0.15) is 11.8 Å². The van der Waals surface area contributed by atoms with Gasteiger partial charge in [0, 0.05) is 41.1 Å². The molecule has 3 heterocycles. The number of ketones is 1. The Morgan fingerprint density at radius 2 is 2.10 bits per heavy atom. The third-order valence-electron chi connectivity index (χ3n) is 5.66. The number of hydrogen-bond acceptors (Lipinski definition) is 5.